The van der Waals surface area contributed by atoms with Gasteiger partial charge < -0.3 is 19.4 Å². The predicted octanol–water partition coefficient (Wildman–Crippen LogP) is 3.29. The van der Waals surface area contributed by atoms with Gasteiger partial charge in [-0.3, -0.25) is 19.5 Å². The van der Waals surface area contributed by atoms with Crippen molar-refractivity contribution in [1.29, 1.82) is 0 Å². The molecule has 0 radical (unpaired) electrons. The molecule has 0 atom stereocenters. The van der Waals surface area contributed by atoms with E-state index in [9.17, 15) is 9.59 Å². The molecule has 8 heteroatoms. The number of furan rings is 1. The fraction of sp³-hybridized carbons (Fsp3) is 0.320. The molecule has 4 rings (SSSR count). The Balaban J connectivity index is 1.44. The van der Waals surface area contributed by atoms with E-state index in [1.807, 2.05) is 17.0 Å². The van der Waals surface area contributed by atoms with Crippen LogP contribution in [0.5, 0.6) is 0 Å². The van der Waals surface area contributed by atoms with E-state index in [1.54, 1.807) is 48.8 Å². The highest BCUT2D eigenvalue weighted by molar-refractivity contribution is 6.03. The standard InChI is InChI=1S/C25H28N4O4/c30-24(23-6-2-15-33-23)27-22-5-1-4-21(18-22)25(31)29(19-20-7-9-26-10-8-20)12-3-11-28-13-16-32-17-14-28/h1-2,4-10,15,18H,3,11-14,16-17,19H2,(H,27,30). The van der Waals surface area contributed by atoms with Crippen LogP contribution in [0.1, 0.15) is 32.9 Å². The Kier molecular flexibility index (Phi) is 7.84. The average Bonchev–Trinajstić information content (AvgIpc) is 3.40. The van der Waals surface area contributed by atoms with Crippen molar-refractivity contribution in [3.05, 3.63) is 84.1 Å². The van der Waals surface area contributed by atoms with Crippen molar-refractivity contribution in [2.75, 3.05) is 44.7 Å². The summed E-state index contributed by atoms with van der Waals surface area (Å²) in [6.07, 6.45) is 5.78. The van der Waals surface area contributed by atoms with E-state index in [4.69, 9.17) is 9.15 Å². The first kappa shape index (κ1) is 22.7. The Bertz CT molecular complexity index is 1030. The zero-order chi connectivity index (χ0) is 22.9. The summed E-state index contributed by atoms with van der Waals surface area (Å²) in [7, 11) is 0. The van der Waals surface area contributed by atoms with Crippen LogP contribution in [0.15, 0.2) is 71.6 Å². The lowest BCUT2D eigenvalue weighted by molar-refractivity contribution is 0.0355. The second-order valence-electron chi connectivity index (χ2n) is 7.90. The first-order valence-electron chi connectivity index (χ1n) is 11.1. The largest absolute Gasteiger partial charge is 0.459 e. The van der Waals surface area contributed by atoms with Gasteiger partial charge in [-0.1, -0.05) is 6.07 Å². The molecule has 3 heterocycles. The fourth-order valence-corrected chi connectivity index (χ4v) is 3.78. The minimum Gasteiger partial charge on any atom is -0.459 e. The first-order chi connectivity index (χ1) is 16.2. The third-order valence-electron chi connectivity index (χ3n) is 5.53. The number of rotatable bonds is 9. The maximum atomic E-state index is 13.4. The molecule has 2 aromatic heterocycles. The van der Waals surface area contributed by atoms with E-state index in [0.29, 0.717) is 24.3 Å². The van der Waals surface area contributed by atoms with Gasteiger partial charge in [-0.15, -0.1) is 0 Å². The highest BCUT2D eigenvalue weighted by atomic mass is 16.5. The van der Waals surface area contributed by atoms with E-state index in [0.717, 1.165) is 44.8 Å². The Morgan fingerprint density at radius 3 is 2.64 bits per heavy atom. The molecule has 1 aromatic carbocycles. The van der Waals surface area contributed by atoms with Crippen LogP contribution in [0.25, 0.3) is 0 Å². The highest BCUT2D eigenvalue weighted by Gasteiger charge is 2.18. The number of nitrogens with zero attached hydrogens (tertiary/aromatic N) is 3. The van der Waals surface area contributed by atoms with Crippen LogP contribution in [0.4, 0.5) is 5.69 Å². The summed E-state index contributed by atoms with van der Waals surface area (Å²) in [4.78, 5) is 34.0. The number of ether oxygens (including phenoxy) is 1. The van der Waals surface area contributed by atoms with Crippen LogP contribution < -0.4 is 5.32 Å². The quantitative estimate of drug-likeness (QED) is 0.541. The molecule has 0 spiro atoms. The van der Waals surface area contributed by atoms with Gasteiger partial charge in [-0.25, -0.2) is 0 Å². The molecule has 0 aliphatic carbocycles. The summed E-state index contributed by atoms with van der Waals surface area (Å²) in [5.74, 6) is -0.221. The maximum Gasteiger partial charge on any atom is 0.291 e. The molecule has 8 nitrogen and oxygen atoms in total. The first-order valence-corrected chi connectivity index (χ1v) is 11.1. The summed E-state index contributed by atoms with van der Waals surface area (Å²) < 4.78 is 10.6. The highest BCUT2D eigenvalue weighted by Crippen LogP contribution is 2.16. The van der Waals surface area contributed by atoms with Gasteiger partial charge in [0, 0.05) is 56.4 Å². The van der Waals surface area contributed by atoms with Gasteiger partial charge >= 0.3 is 0 Å². The monoisotopic (exact) mass is 448 g/mol. The third kappa shape index (κ3) is 6.50. The summed E-state index contributed by atoms with van der Waals surface area (Å²) in [6.45, 7) is 5.41. The van der Waals surface area contributed by atoms with E-state index in [2.05, 4.69) is 15.2 Å². The number of anilines is 1. The van der Waals surface area contributed by atoms with Crippen molar-refractivity contribution in [2.45, 2.75) is 13.0 Å². The third-order valence-corrected chi connectivity index (χ3v) is 5.53. The van der Waals surface area contributed by atoms with Crippen molar-refractivity contribution >= 4 is 17.5 Å². The smallest absolute Gasteiger partial charge is 0.291 e. The molecule has 0 unspecified atom stereocenters. The van der Waals surface area contributed by atoms with Crippen LogP contribution in [0.3, 0.4) is 0 Å². The number of pyridine rings is 1. The van der Waals surface area contributed by atoms with Crippen LogP contribution in [-0.4, -0.2) is 66.0 Å². The number of benzene rings is 1. The second kappa shape index (κ2) is 11.4. The summed E-state index contributed by atoms with van der Waals surface area (Å²) in [6, 6.07) is 14.1. The minimum absolute atomic E-state index is 0.0807. The Morgan fingerprint density at radius 2 is 1.88 bits per heavy atom. The Hall–Kier alpha value is -3.49. The maximum absolute atomic E-state index is 13.4. The predicted molar refractivity (Wildman–Crippen MR) is 124 cm³/mol. The molecule has 2 amide bonds. The molecular formula is C25H28N4O4. The molecule has 172 valence electrons. The molecule has 1 aliphatic rings. The topological polar surface area (TPSA) is 87.9 Å². The number of carbonyl (C=O) groups is 2. The lowest BCUT2D eigenvalue weighted by atomic mass is 10.1. The number of amides is 2. The lowest BCUT2D eigenvalue weighted by Crippen LogP contribution is -2.39. The van der Waals surface area contributed by atoms with E-state index in [1.165, 1.54) is 6.26 Å². The molecule has 1 N–H and O–H groups in total. The summed E-state index contributed by atoms with van der Waals surface area (Å²) in [5.41, 5.74) is 2.08. The molecule has 0 bridgehead atoms. The van der Waals surface area contributed by atoms with Crippen LogP contribution in [0, 0.1) is 0 Å². The molecule has 1 saturated heterocycles. The van der Waals surface area contributed by atoms with Gasteiger partial charge in [-0.2, -0.15) is 0 Å². The molecule has 1 fully saturated rings. The van der Waals surface area contributed by atoms with Crippen LogP contribution >= 0.6 is 0 Å². The van der Waals surface area contributed by atoms with Gasteiger partial charge in [0.2, 0.25) is 0 Å². The minimum atomic E-state index is -0.358. The molecule has 33 heavy (non-hydrogen) atoms. The lowest BCUT2D eigenvalue weighted by Gasteiger charge is -2.28. The fourth-order valence-electron chi connectivity index (χ4n) is 3.78. The summed E-state index contributed by atoms with van der Waals surface area (Å²) >= 11 is 0. The number of aromatic nitrogens is 1. The van der Waals surface area contributed by atoms with Gasteiger partial charge in [-0.05, 0) is 54.4 Å². The number of nitrogens with one attached hydrogen (secondary N) is 1. The zero-order valence-corrected chi connectivity index (χ0v) is 18.5. The summed E-state index contributed by atoms with van der Waals surface area (Å²) in [5, 5.41) is 2.78. The zero-order valence-electron chi connectivity index (χ0n) is 18.5. The van der Waals surface area contributed by atoms with Crippen molar-refractivity contribution in [3.63, 3.8) is 0 Å². The SMILES string of the molecule is O=C(Nc1cccc(C(=O)N(CCCN2CCOCC2)Cc2ccncc2)c1)c1ccco1. The molecule has 1 aliphatic heterocycles. The van der Waals surface area contributed by atoms with Crippen molar-refractivity contribution in [1.82, 2.24) is 14.8 Å². The van der Waals surface area contributed by atoms with Gasteiger partial charge in [0.15, 0.2) is 5.76 Å². The van der Waals surface area contributed by atoms with Crippen LogP contribution in [0.2, 0.25) is 0 Å². The average molecular weight is 449 g/mol. The number of morpholine rings is 1. The van der Waals surface area contributed by atoms with E-state index >= 15 is 0 Å². The van der Waals surface area contributed by atoms with Crippen LogP contribution in [-0.2, 0) is 11.3 Å². The van der Waals surface area contributed by atoms with Gasteiger partial charge in [0.05, 0.1) is 19.5 Å². The van der Waals surface area contributed by atoms with Gasteiger partial charge in [0.25, 0.3) is 11.8 Å². The Morgan fingerprint density at radius 1 is 1.06 bits per heavy atom. The van der Waals surface area contributed by atoms with Crippen molar-refractivity contribution in [2.24, 2.45) is 0 Å². The molecule has 0 saturated carbocycles. The normalized spacial score (nSPS) is 14.1. The number of hydrogen-bond acceptors (Lipinski definition) is 6. The van der Waals surface area contributed by atoms with Gasteiger partial charge in [0.1, 0.15) is 0 Å². The second-order valence-corrected chi connectivity index (χ2v) is 7.90. The number of hydrogen-bond donors (Lipinski definition) is 1. The molecular weight excluding hydrogens is 420 g/mol. The van der Waals surface area contributed by atoms with Crippen molar-refractivity contribution in [3.8, 4) is 0 Å². The number of carbonyl (C=O) groups excluding carboxylic acids is 2. The van der Waals surface area contributed by atoms with Crippen molar-refractivity contribution < 1.29 is 18.7 Å². The van der Waals surface area contributed by atoms with E-state index in [-0.39, 0.29) is 17.6 Å². The van der Waals surface area contributed by atoms with E-state index < -0.39 is 0 Å². The molecule has 3 aromatic rings. The Labute approximate surface area is 193 Å².